The van der Waals surface area contributed by atoms with Crippen LogP contribution >= 0.6 is 0 Å². The van der Waals surface area contributed by atoms with E-state index in [0.29, 0.717) is 22.3 Å². The lowest BCUT2D eigenvalue weighted by molar-refractivity contribution is -0.116. The van der Waals surface area contributed by atoms with Crippen LogP contribution in [0.3, 0.4) is 0 Å². The second kappa shape index (κ2) is 11.6. The molecular formula is C40H58O3. The van der Waals surface area contributed by atoms with E-state index in [2.05, 4.69) is 61.5 Å². The van der Waals surface area contributed by atoms with Crippen molar-refractivity contribution in [3.05, 3.63) is 58.2 Å². The fourth-order valence-corrected chi connectivity index (χ4v) is 11.0. The molecule has 2 saturated carbocycles. The van der Waals surface area contributed by atoms with E-state index in [4.69, 9.17) is 4.74 Å². The number of benzene rings is 1. The smallest absolute Gasteiger partial charge is 0.338 e. The molecule has 4 aliphatic carbocycles. The first-order valence-electron chi connectivity index (χ1n) is 17.3. The molecule has 7 atom stereocenters. The van der Waals surface area contributed by atoms with Gasteiger partial charge in [-0.15, -0.1) is 0 Å². The van der Waals surface area contributed by atoms with Gasteiger partial charge in [0, 0.05) is 11.8 Å². The molecule has 3 heteroatoms. The summed E-state index contributed by atoms with van der Waals surface area (Å²) in [5, 5.41) is 0. The summed E-state index contributed by atoms with van der Waals surface area (Å²) in [6.45, 7) is 21.1. The average molecular weight is 587 g/mol. The summed E-state index contributed by atoms with van der Waals surface area (Å²) >= 11 is 0. The molecule has 0 spiro atoms. The molecule has 0 aliphatic heterocycles. The summed E-state index contributed by atoms with van der Waals surface area (Å²) < 4.78 is 6.37. The highest BCUT2D eigenvalue weighted by Gasteiger charge is 2.63. The monoisotopic (exact) mass is 586 g/mol. The van der Waals surface area contributed by atoms with Gasteiger partial charge in [-0.2, -0.15) is 0 Å². The molecule has 0 aromatic heterocycles. The van der Waals surface area contributed by atoms with Crippen LogP contribution in [-0.4, -0.2) is 17.9 Å². The van der Waals surface area contributed by atoms with Gasteiger partial charge in [-0.05, 0) is 131 Å². The third-order valence-corrected chi connectivity index (χ3v) is 13.5. The number of hydrogen-bond acceptors (Lipinski definition) is 3. The van der Waals surface area contributed by atoms with Crippen molar-refractivity contribution in [3.63, 3.8) is 0 Å². The van der Waals surface area contributed by atoms with Crippen LogP contribution in [0, 0.1) is 39.4 Å². The van der Waals surface area contributed by atoms with Crippen LogP contribution in [0.2, 0.25) is 0 Å². The Morgan fingerprint density at radius 2 is 1.65 bits per heavy atom. The van der Waals surface area contributed by atoms with Crippen molar-refractivity contribution in [2.45, 2.75) is 139 Å². The van der Waals surface area contributed by atoms with Crippen LogP contribution in [-0.2, 0) is 16.0 Å². The SMILES string of the molecule is CC(=O)Cc1ccccc1C(=O)O[C@H]1CC[C@]2(C)C3=C(CCC2C1(C)C)[C@]1(C)CC[C@H]([C@H](C)CCC=C(C)C)[C@@]1(C)CC3. The number of Topliss-reactive ketones (excluding diaryl/α,β-unsaturated/α-hetero) is 1. The minimum atomic E-state index is -0.272. The fraction of sp³-hybridized carbons (Fsp3) is 0.700. The lowest BCUT2D eigenvalue weighted by Gasteiger charge is -2.62. The highest BCUT2D eigenvalue weighted by atomic mass is 16.5. The molecule has 4 aliphatic rings. The number of carbonyl (C=O) groups excluding carboxylic acids is 2. The van der Waals surface area contributed by atoms with E-state index in [1.54, 1.807) is 12.5 Å². The highest BCUT2D eigenvalue weighted by Crippen LogP contribution is 2.72. The first-order valence-corrected chi connectivity index (χ1v) is 17.3. The number of carbonyl (C=O) groups is 2. The van der Waals surface area contributed by atoms with Crippen molar-refractivity contribution in [1.29, 1.82) is 0 Å². The number of rotatable bonds is 8. The van der Waals surface area contributed by atoms with Crippen LogP contribution < -0.4 is 0 Å². The Hall–Kier alpha value is -2.16. The number of ether oxygens (including phenoxy) is 1. The number of esters is 1. The van der Waals surface area contributed by atoms with Crippen molar-refractivity contribution in [2.24, 2.45) is 39.4 Å². The van der Waals surface area contributed by atoms with Gasteiger partial charge >= 0.3 is 5.97 Å². The standard InChI is InChI=1S/C40H58O3/c1-26(2)13-12-14-27(3)31-19-23-40(9)33-17-18-34-37(5,6)35(21-22-38(34,7)32(33)20-24-39(31,40)8)43-36(42)30-16-11-10-15-29(30)25-28(4)41/h10-11,13,15-16,27,31,34-35H,12,14,17-25H2,1-9H3/t27-,31-,34?,35+,38-,39-,40+/m1/s1. The van der Waals surface area contributed by atoms with Gasteiger partial charge in [0.15, 0.2) is 0 Å². The van der Waals surface area contributed by atoms with E-state index in [-0.39, 0.29) is 35.1 Å². The van der Waals surface area contributed by atoms with E-state index >= 15 is 0 Å². The third kappa shape index (κ3) is 5.39. The van der Waals surface area contributed by atoms with Gasteiger partial charge in [0.1, 0.15) is 11.9 Å². The molecule has 0 N–H and O–H groups in total. The van der Waals surface area contributed by atoms with Crippen LogP contribution in [0.5, 0.6) is 0 Å². The van der Waals surface area contributed by atoms with Gasteiger partial charge in [0.2, 0.25) is 0 Å². The predicted octanol–water partition coefficient (Wildman–Crippen LogP) is 10.5. The molecule has 236 valence electrons. The fourth-order valence-electron chi connectivity index (χ4n) is 11.0. The molecule has 5 rings (SSSR count). The predicted molar refractivity (Wildman–Crippen MR) is 177 cm³/mol. The summed E-state index contributed by atoms with van der Waals surface area (Å²) in [4.78, 5) is 25.4. The van der Waals surface area contributed by atoms with Gasteiger partial charge in [0.05, 0.1) is 5.56 Å². The molecule has 43 heavy (non-hydrogen) atoms. The van der Waals surface area contributed by atoms with Crippen molar-refractivity contribution < 1.29 is 14.3 Å². The Morgan fingerprint density at radius 1 is 0.930 bits per heavy atom. The quantitative estimate of drug-likeness (QED) is 0.225. The maximum Gasteiger partial charge on any atom is 0.338 e. The highest BCUT2D eigenvalue weighted by molar-refractivity contribution is 5.93. The van der Waals surface area contributed by atoms with E-state index in [1.165, 1.54) is 56.9 Å². The first-order chi connectivity index (χ1) is 20.1. The van der Waals surface area contributed by atoms with Crippen LogP contribution in [0.1, 0.15) is 142 Å². The maximum atomic E-state index is 13.5. The van der Waals surface area contributed by atoms with Gasteiger partial charge in [-0.25, -0.2) is 4.79 Å². The Balaban J connectivity index is 1.37. The molecule has 0 heterocycles. The zero-order valence-corrected chi connectivity index (χ0v) is 28.7. The molecule has 0 saturated heterocycles. The molecule has 0 radical (unpaired) electrons. The first kappa shape index (κ1) is 32.2. The van der Waals surface area contributed by atoms with Crippen LogP contribution in [0.25, 0.3) is 0 Å². The Kier molecular flexibility index (Phi) is 8.73. The van der Waals surface area contributed by atoms with E-state index in [1.807, 2.05) is 29.8 Å². The Bertz CT molecular complexity index is 1310. The second-order valence-corrected chi connectivity index (χ2v) is 16.5. The van der Waals surface area contributed by atoms with E-state index < -0.39 is 0 Å². The number of hydrogen-bond donors (Lipinski definition) is 0. The molecule has 1 aromatic carbocycles. The zero-order chi connectivity index (χ0) is 31.4. The number of fused-ring (bicyclic) bond motifs is 4. The summed E-state index contributed by atoms with van der Waals surface area (Å²) in [6.07, 6.45) is 14.7. The molecule has 1 aromatic rings. The van der Waals surface area contributed by atoms with Gasteiger partial charge in [-0.3, -0.25) is 4.79 Å². The Morgan fingerprint density at radius 3 is 2.35 bits per heavy atom. The summed E-state index contributed by atoms with van der Waals surface area (Å²) in [5.41, 5.74) is 7.10. The zero-order valence-electron chi connectivity index (χ0n) is 28.7. The van der Waals surface area contributed by atoms with Gasteiger partial charge in [-0.1, -0.05) is 82.5 Å². The maximum absolute atomic E-state index is 13.5. The van der Waals surface area contributed by atoms with Crippen molar-refractivity contribution in [2.75, 3.05) is 0 Å². The largest absolute Gasteiger partial charge is 0.458 e. The molecule has 1 unspecified atom stereocenters. The minimum Gasteiger partial charge on any atom is -0.458 e. The Labute approximate surface area is 262 Å². The minimum absolute atomic E-state index is 0.0596. The summed E-state index contributed by atoms with van der Waals surface area (Å²) in [6, 6.07) is 7.46. The second-order valence-electron chi connectivity index (χ2n) is 16.5. The van der Waals surface area contributed by atoms with E-state index in [0.717, 1.165) is 30.2 Å². The van der Waals surface area contributed by atoms with E-state index in [9.17, 15) is 9.59 Å². The number of ketones is 1. The lowest BCUT2D eigenvalue weighted by Crippen LogP contribution is -2.55. The lowest BCUT2D eigenvalue weighted by atomic mass is 9.43. The topological polar surface area (TPSA) is 43.4 Å². The molecular weight excluding hydrogens is 528 g/mol. The summed E-state index contributed by atoms with van der Waals surface area (Å²) in [7, 11) is 0. The average Bonchev–Trinajstić information content (AvgIpc) is 3.21. The normalized spacial score (nSPS) is 35.3. The van der Waals surface area contributed by atoms with Crippen molar-refractivity contribution in [1.82, 2.24) is 0 Å². The molecule has 3 nitrogen and oxygen atoms in total. The number of allylic oxidation sites excluding steroid dienone is 4. The van der Waals surface area contributed by atoms with Crippen molar-refractivity contribution in [3.8, 4) is 0 Å². The van der Waals surface area contributed by atoms with Crippen LogP contribution in [0.15, 0.2) is 47.1 Å². The van der Waals surface area contributed by atoms with Crippen LogP contribution in [0.4, 0.5) is 0 Å². The summed E-state index contributed by atoms with van der Waals surface area (Å²) in [5.74, 6) is 1.85. The molecule has 0 bridgehead atoms. The van der Waals surface area contributed by atoms with Crippen molar-refractivity contribution >= 4 is 11.8 Å². The molecule has 2 fully saturated rings. The van der Waals surface area contributed by atoms with Gasteiger partial charge < -0.3 is 4.74 Å². The molecule has 0 amide bonds. The third-order valence-electron chi connectivity index (χ3n) is 13.5. The van der Waals surface area contributed by atoms with Gasteiger partial charge in [0.25, 0.3) is 0 Å².